The molecule has 0 saturated heterocycles. The Labute approximate surface area is 221 Å². The molecule has 2 aliphatic rings. The lowest BCUT2D eigenvalue weighted by molar-refractivity contribution is -0.123. The predicted octanol–water partition coefficient (Wildman–Crippen LogP) is 4.11. The highest BCUT2D eigenvalue weighted by molar-refractivity contribution is 5.96. The van der Waals surface area contributed by atoms with Gasteiger partial charge in [-0.2, -0.15) is 10.4 Å². The lowest BCUT2D eigenvalue weighted by atomic mass is 9.94. The van der Waals surface area contributed by atoms with Gasteiger partial charge < -0.3 is 20.1 Å². The highest BCUT2D eigenvalue weighted by Gasteiger charge is 2.45. The first-order chi connectivity index (χ1) is 18.4. The van der Waals surface area contributed by atoms with Crippen molar-refractivity contribution in [2.24, 2.45) is 7.05 Å². The second-order valence-corrected chi connectivity index (χ2v) is 10.2. The Bertz CT molecular complexity index is 1450. The van der Waals surface area contributed by atoms with Gasteiger partial charge in [-0.05, 0) is 68.0 Å². The summed E-state index contributed by atoms with van der Waals surface area (Å²) in [6.45, 7) is 2.99. The highest BCUT2D eigenvalue weighted by Crippen LogP contribution is 2.49. The second-order valence-electron chi connectivity index (χ2n) is 10.2. The van der Waals surface area contributed by atoms with Gasteiger partial charge in [0.1, 0.15) is 11.5 Å². The van der Waals surface area contributed by atoms with E-state index in [1.54, 1.807) is 13.1 Å². The van der Waals surface area contributed by atoms with E-state index in [1.807, 2.05) is 37.3 Å². The van der Waals surface area contributed by atoms with Crippen molar-refractivity contribution in [2.75, 3.05) is 25.1 Å². The number of nitriles is 1. The number of amides is 1. The zero-order valence-electron chi connectivity index (χ0n) is 21.9. The monoisotopic (exact) mass is 515 g/mol. The third-order valence-electron chi connectivity index (χ3n) is 7.36. The van der Waals surface area contributed by atoms with E-state index < -0.39 is 5.41 Å². The van der Waals surface area contributed by atoms with Crippen molar-refractivity contribution in [3.05, 3.63) is 57.9 Å². The topological polar surface area (TPSA) is 118 Å². The summed E-state index contributed by atoms with van der Waals surface area (Å²) in [6.07, 6.45) is 5.27. The molecule has 1 fully saturated rings. The van der Waals surface area contributed by atoms with Crippen LogP contribution in [0.4, 0.5) is 5.82 Å². The van der Waals surface area contributed by atoms with Crippen LogP contribution in [0.3, 0.4) is 0 Å². The van der Waals surface area contributed by atoms with Crippen LogP contribution in [0.1, 0.15) is 62.6 Å². The molecule has 6 bridgehead atoms. The maximum Gasteiger partial charge on any atom is 0.278 e. The Hall–Kier alpha value is -4.06. The van der Waals surface area contributed by atoms with Crippen LogP contribution in [-0.2, 0) is 17.3 Å². The van der Waals surface area contributed by atoms with Crippen molar-refractivity contribution in [3.8, 4) is 17.6 Å². The maximum atomic E-state index is 13.3. The van der Waals surface area contributed by atoms with Crippen LogP contribution in [-0.4, -0.2) is 35.4 Å². The van der Waals surface area contributed by atoms with Gasteiger partial charge in [0.2, 0.25) is 0 Å². The molecule has 1 aliphatic carbocycles. The SMILES string of the molecule is C[C@H]1Nc2nn(C)c(=O)c3c(cc(C4(C#N)CC4)cc23)OCC(=O)NCCCCCCOc2cccc1c2. The standard InChI is InChI=1S/C29H33N5O4/c1-19-20-8-7-9-22(14-20)37-13-6-4-3-5-12-31-25(35)17-38-24-16-21(29(18-30)10-11-29)15-23-26(24)28(36)34(2)33-27(23)32-19/h7-9,14-16,19H,3-6,10-13,17H2,1-2H3,(H,31,35)(H,32,33)/t19-/m1/s1. The molecular weight excluding hydrogens is 482 g/mol. The largest absolute Gasteiger partial charge is 0.494 e. The van der Waals surface area contributed by atoms with Crippen LogP contribution in [0.25, 0.3) is 10.8 Å². The molecule has 2 N–H and O–H groups in total. The van der Waals surface area contributed by atoms with Crippen LogP contribution in [0.15, 0.2) is 41.2 Å². The summed E-state index contributed by atoms with van der Waals surface area (Å²) < 4.78 is 13.2. The minimum Gasteiger partial charge on any atom is -0.494 e. The van der Waals surface area contributed by atoms with E-state index in [-0.39, 0.29) is 29.9 Å². The lowest BCUT2D eigenvalue weighted by Crippen LogP contribution is -2.30. The molecule has 2 aromatic carbocycles. The first-order valence-corrected chi connectivity index (χ1v) is 13.3. The summed E-state index contributed by atoms with van der Waals surface area (Å²) in [4.78, 5) is 25.8. The molecule has 1 amide bonds. The fourth-order valence-electron chi connectivity index (χ4n) is 4.88. The number of carbonyl (C=O) groups is 1. The van der Waals surface area contributed by atoms with E-state index in [0.29, 0.717) is 29.7 Å². The first kappa shape index (κ1) is 25.6. The zero-order valence-corrected chi connectivity index (χ0v) is 21.9. The zero-order chi connectivity index (χ0) is 26.7. The molecule has 0 unspecified atom stereocenters. The fraction of sp³-hybridized carbons (Fsp3) is 0.448. The molecule has 1 atom stereocenters. The van der Waals surface area contributed by atoms with Gasteiger partial charge in [0.25, 0.3) is 11.5 Å². The van der Waals surface area contributed by atoms with Gasteiger partial charge in [0.05, 0.1) is 29.5 Å². The molecule has 9 nitrogen and oxygen atoms in total. The van der Waals surface area contributed by atoms with Crippen molar-refractivity contribution < 1.29 is 14.3 Å². The number of nitrogens with one attached hydrogen (secondary N) is 2. The Balaban J connectivity index is 1.60. The summed E-state index contributed by atoms with van der Waals surface area (Å²) in [5.41, 5.74) is 0.837. The molecule has 9 heteroatoms. The number of rotatable bonds is 1. The number of aryl methyl sites for hydroxylation is 1. The lowest BCUT2D eigenvalue weighted by Gasteiger charge is -2.20. The van der Waals surface area contributed by atoms with Crippen molar-refractivity contribution in [2.45, 2.75) is 56.9 Å². The number of benzene rings is 2. The van der Waals surface area contributed by atoms with Gasteiger partial charge >= 0.3 is 0 Å². The van der Waals surface area contributed by atoms with Gasteiger partial charge in [-0.1, -0.05) is 25.0 Å². The number of fused-ring (bicyclic) bond motifs is 2. The van der Waals surface area contributed by atoms with Crippen molar-refractivity contribution in [1.29, 1.82) is 5.26 Å². The molecule has 1 saturated carbocycles. The molecule has 1 aliphatic heterocycles. The third kappa shape index (κ3) is 5.30. The fourth-order valence-corrected chi connectivity index (χ4v) is 4.88. The first-order valence-electron chi connectivity index (χ1n) is 13.3. The molecule has 198 valence electrons. The summed E-state index contributed by atoms with van der Waals surface area (Å²) >= 11 is 0. The molecule has 0 radical (unpaired) electrons. The Morgan fingerprint density at radius 2 is 1.92 bits per heavy atom. The molecule has 5 rings (SSSR count). The normalized spacial score (nSPS) is 19.8. The van der Waals surface area contributed by atoms with Crippen molar-refractivity contribution >= 4 is 22.5 Å². The minimum atomic E-state index is -0.613. The van der Waals surface area contributed by atoms with E-state index in [9.17, 15) is 14.9 Å². The number of nitrogens with zero attached hydrogens (tertiary/aromatic N) is 3. The average Bonchev–Trinajstić information content (AvgIpc) is 3.72. The molecular formula is C29H33N5O4. The van der Waals surface area contributed by atoms with Gasteiger partial charge in [-0.25, -0.2) is 4.68 Å². The van der Waals surface area contributed by atoms with E-state index in [0.717, 1.165) is 55.4 Å². The number of hydrogen-bond acceptors (Lipinski definition) is 7. The third-order valence-corrected chi connectivity index (χ3v) is 7.36. The number of aromatic nitrogens is 2. The summed E-state index contributed by atoms with van der Waals surface area (Å²) in [6, 6.07) is 13.8. The average molecular weight is 516 g/mol. The summed E-state index contributed by atoms with van der Waals surface area (Å²) in [5.74, 6) is 1.34. The summed E-state index contributed by atoms with van der Waals surface area (Å²) in [7, 11) is 1.59. The number of ether oxygens (including phenoxy) is 2. The second kappa shape index (κ2) is 10.7. The van der Waals surface area contributed by atoms with Crippen molar-refractivity contribution in [1.82, 2.24) is 15.1 Å². The van der Waals surface area contributed by atoms with Gasteiger partial charge in [0, 0.05) is 19.0 Å². The smallest absolute Gasteiger partial charge is 0.278 e. The molecule has 0 spiro atoms. The van der Waals surface area contributed by atoms with E-state index in [1.165, 1.54) is 4.68 Å². The molecule has 2 heterocycles. The number of hydrogen-bond donors (Lipinski definition) is 2. The van der Waals surface area contributed by atoms with Gasteiger partial charge in [-0.3, -0.25) is 9.59 Å². The summed E-state index contributed by atoms with van der Waals surface area (Å²) in [5, 5.41) is 21.7. The van der Waals surface area contributed by atoms with Crippen LogP contribution >= 0.6 is 0 Å². The van der Waals surface area contributed by atoms with Crippen LogP contribution in [0.5, 0.6) is 11.5 Å². The molecule has 1 aromatic heterocycles. The van der Waals surface area contributed by atoms with Gasteiger partial charge in [-0.15, -0.1) is 0 Å². The number of carbonyl (C=O) groups excluding carboxylic acids is 1. The van der Waals surface area contributed by atoms with E-state index >= 15 is 0 Å². The Morgan fingerprint density at radius 3 is 2.71 bits per heavy atom. The van der Waals surface area contributed by atoms with E-state index in [2.05, 4.69) is 21.8 Å². The molecule has 3 aromatic rings. The quantitative estimate of drug-likeness (QED) is 0.501. The van der Waals surface area contributed by atoms with Crippen LogP contribution < -0.4 is 25.7 Å². The van der Waals surface area contributed by atoms with Crippen LogP contribution in [0, 0.1) is 11.3 Å². The highest BCUT2D eigenvalue weighted by atomic mass is 16.5. The van der Waals surface area contributed by atoms with Gasteiger partial charge in [0.15, 0.2) is 12.4 Å². The van der Waals surface area contributed by atoms with Crippen LogP contribution in [0.2, 0.25) is 0 Å². The Kier molecular flexibility index (Phi) is 7.23. The minimum absolute atomic E-state index is 0.151. The Morgan fingerprint density at radius 1 is 1.11 bits per heavy atom. The maximum absolute atomic E-state index is 13.3. The predicted molar refractivity (Wildman–Crippen MR) is 144 cm³/mol. The van der Waals surface area contributed by atoms with Crippen molar-refractivity contribution in [3.63, 3.8) is 0 Å². The molecule has 38 heavy (non-hydrogen) atoms. The van der Waals surface area contributed by atoms with E-state index in [4.69, 9.17) is 9.47 Å². The number of anilines is 1.